The van der Waals surface area contributed by atoms with Crippen LogP contribution in [0, 0.1) is 5.92 Å². The van der Waals surface area contributed by atoms with Gasteiger partial charge in [-0.15, -0.1) is 0 Å². The fourth-order valence-corrected chi connectivity index (χ4v) is 2.99. The number of anilines is 1. The van der Waals surface area contributed by atoms with E-state index in [0.717, 1.165) is 24.1 Å². The third kappa shape index (κ3) is 8.95. The fraction of sp³-hybridized carbons (Fsp3) is 0.600. The molecular weight excluding hydrogens is 339 g/mol. The molecule has 0 saturated carbocycles. The molecule has 0 bridgehead atoms. The molecule has 1 aromatic carbocycles. The van der Waals surface area contributed by atoms with Gasteiger partial charge in [-0.05, 0) is 56.3 Å². The maximum atomic E-state index is 12.5. The summed E-state index contributed by atoms with van der Waals surface area (Å²) in [6.45, 7) is 4.89. The average Bonchev–Trinajstić information content (AvgIpc) is 2.61. The molecule has 1 aromatic rings. The third-order valence-corrected chi connectivity index (χ3v) is 4.56. The van der Waals surface area contributed by atoms with Crippen molar-refractivity contribution in [1.29, 1.82) is 0 Å². The molecule has 27 heavy (non-hydrogen) atoms. The van der Waals surface area contributed by atoms with Crippen molar-refractivity contribution in [3.63, 3.8) is 0 Å². The van der Waals surface area contributed by atoms with E-state index < -0.39 is 6.03 Å². The van der Waals surface area contributed by atoms with Crippen LogP contribution in [0.4, 0.5) is 10.5 Å². The van der Waals surface area contributed by atoms with E-state index in [2.05, 4.69) is 29.8 Å². The van der Waals surface area contributed by atoms with Crippen LogP contribution >= 0.6 is 0 Å². The van der Waals surface area contributed by atoms with Crippen LogP contribution in [0.3, 0.4) is 0 Å². The van der Waals surface area contributed by atoms with Crippen molar-refractivity contribution in [3.05, 3.63) is 29.3 Å². The van der Waals surface area contributed by atoms with Crippen molar-refractivity contribution < 1.29 is 9.59 Å². The molecule has 0 aliphatic heterocycles. The van der Waals surface area contributed by atoms with Crippen molar-refractivity contribution in [2.45, 2.75) is 58.3 Å². The van der Waals surface area contributed by atoms with Gasteiger partial charge in [-0.2, -0.15) is 0 Å². The lowest BCUT2D eigenvalue weighted by atomic mass is 9.90. The highest BCUT2D eigenvalue weighted by Crippen LogP contribution is 2.20. The largest absolute Gasteiger partial charge is 0.352 e. The Balaban J connectivity index is 2.66. The second kappa shape index (κ2) is 12.4. The van der Waals surface area contributed by atoms with Gasteiger partial charge in [0.15, 0.2) is 0 Å². The number of nitrogens with two attached hydrogens (primary N) is 1. The summed E-state index contributed by atoms with van der Waals surface area (Å²) in [6, 6.07) is 5.03. The lowest BCUT2D eigenvalue weighted by Crippen LogP contribution is -2.39. The van der Waals surface area contributed by atoms with Crippen LogP contribution in [0.5, 0.6) is 0 Å². The van der Waals surface area contributed by atoms with Crippen LogP contribution in [0.25, 0.3) is 0 Å². The Hall–Kier alpha value is -2.02. The Morgan fingerprint density at radius 2 is 1.89 bits per heavy atom. The van der Waals surface area contributed by atoms with Crippen molar-refractivity contribution in [3.8, 4) is 0 Å². The van der Waals surface area contributed by atoms with Gasteiger partial charge in [-0.3, -0.25) is 4.79 Å². The standard InChI is InChI=1S/C20H33BN4O2/c1-14(2)6-4-7-15-12-17(10-9-16(15)13-21)25-19(26)18(23-3)8-5-11-24-20(22)27/h9-10,12,14,18,23H,4-8,11,13H2,1-3H3,(H,25,26)(H3,22,24,27). The SMILES string of the molecule is [B]Cc1ccc(NC(=O)C(CCCNC(N)=O)NC)cc1CCCC(C)C. The van der Waals surface area contributed by atoms with E-state index in [1.54, 1.807) is 7.05 Å². The first-order chi connectivity index (χ1) is 12.9. The first-order valence-corrected chi connectivity index (χ1v) is 9.70. The fourth-order valence-electron chi connectivity index (χ4n) is 2.99. The van der Waals surface area contributed by atoms with Crippen molar-refractivity contribution in [2.24, 2.45) is 11.7 Å². The molecule has 1 atom stereocenters. The molecule has 0 fully saturated rings. The molecule has 0 aliphatic rings. The third-order valence-electron chi connectivity index (χ3n) is 4.56. The summed E-state index contributed by atoms with van der Waals surface area (Å²) in [5, 5.41) is 8.53. The molecule has 0 heterocycles. The molecule has 148 valence electrons. The van der Waals surface area contributed by atoms with Crippen LogP contribution in [-0.2, 0) is 17.5 Å². The lowest BCUT2D eigenvalue weighted by Gasteiger charge is -2.17. The summed E-state index contributed by atoms with van der Waals surface area (Å²) in [5.41, 5.74) is 8.14. The second-order valence-corrected chi connectivity index (χ2v) is 7.24. The number of amides is 3. The van der Waals surface area contributed by atoms with Gasteiger partial charge in [0.25, 0.3) is 0 Å². The number of hydrogen-bond acceptors (Lipinski definition) is 3. The van der Waals surface area contributed by atoms with E-state index in [9.17, 15) is 9.59 Å². The minimum atomic E-state index is -0.551. The minimum Gasteiger partial charge on any atom is -0.352 e. The van der Waals surface area contributed by atoms with Crippen LogP contribution in [0.15, 0.2) is 18.2 Å². The Morgan fingerprint density at radius 1 is 1.15 bits per heavy atom. The van der Waals surface area contributed by atoms with E-state index in [0.29, 0.717) is 31.6 Å². The molecule has 1 rings (SSSR count). The summed E-state index contributed by atoms with van der Waals surface area (Å²) in [7, 11) is 7.61. The molecular formula is C20H33BN4O2. The van der Waals surface area contributed by atoms with Gasteiger partial charge in [0.05, 0.1) is 13.9 Å². The highest BCUT2D eigenvalue weighted by molar-refractivity contribution is 6.08. The van der Waals surface area contributed by atoms with E-state index in [1.165, 1.54) is 12.0 Å². The normalized spacial score (nSPS) is 12.0. The Labute approximate surface area is 164 Å². The maximum Gasteiger partial charge on any atom is 0.312 e. The van der Waals surface area contributed by atoms with Crippen LogP contribution < -0.4 is 21.7 Å². The first-order valence-electron chi connectivity index (χ1n) is 9.70. The predicted molar refractivity (Wildman–Crippen MR) is 112 cm³/mol. The summed E-state index contributed by atoms with van der Waals surface area (Å²) in [4.78, 5) is 23.2. The summed E-state index contributed by atoms with van der Waals surface area (Å²) in [6.07, 6.45) is 4.99. The zero-order chi connectivity index (χ0) is 20.2. The number of urea groups is 1. The van der Waals surface area contributed by atoms with Gasteiger partial charge < -0.3 is 21.7 Å². The summed E-state index contributed by atoms with van der Waals surface area (Å²) < 4.78 is 0. The maximum absolute atomic E-state index is 12.5. The molecule has 1 unspecified atom stereocenters. The Bertz CT molecular complexity index is 608. The highest BCUT2D eigenvalue weighted by atomic mass is 16.2. The van der Waals surface area contributed by atoms with E-state index in [-0.39, 0.29) is 11.9 Å². The van der Waals surface area contributed by atoms with E-state index >= 15 is 0 Å². The monoisotopic (exact) mass is 372 g/mol. The molecule has 6 nitrogen and oxygen atoms in total. The van der Waals surface area contributed by atoms with Gasteiger partial charge in [0.2, 0.25) is 5.91 Å². The van der Waals surface area contributed by atoms with E-state index in [1.807, 2.05) is 18.2 Å². The smallest absolute Gasteiger partial charge is 0.312 e. The van der Waals surface area contributed by atoms with Gasteiger partial charge in [0.1, 0.15) is 0 Å². The van der Waals surface area contributed by atoms with Gasteiger partial charge in [0, 0.05) is 12.2 Å². The number of benzene rings is 1. The average molecular weight is 372 g/mol. The molecule has 7 heteroatoms. The quantitative estimate of drug-likeness (QED) is 0.335. The van der Waals surface area contributed by atoms with Crippen LogP contribution in [0.2, 0.25) is 0 Å². The topological polar surface area (TPSA) is 96.2 Å². The van der Waals surface area contributed by atoms with Gasteiger partial charge >= 0.3 is 6.03 Å². The molecule has 5 N–H and O–H groups in total. The zero-order valence-electron chi connectivity index (χ0n) is 16.8. The molecule has 2 radical (unpaired) electrons. The molecule has 0 saturated heterocycles. The first kappa shape index (κ1) is 23.0. The Morgan fingerprint density at radius 3 is 2.48 bits per heavy atom. The van der Waals surface area contributed by atoms with Crippen LogP contribution in [0.1, 0.15) is 50.7 Å². The second-order valence-electron chi connectivity index (χ2n) is 7.24. The molecule has 3 amide bonds. The molecule has 0 spiro atoms. The van der Waals surface area contributed by atoms with Crippen molar-refractivity contribution in [2.75, 3.05) is 18.9 Å². The highest BCUT2D eigenvalue weighted by Gasteiger charge is 2.16. The lowest BCUT2D eigenvalue weighted by molar-refractivity contribution is -0.118. The minimum absolute atomic E-state index is 0.0924. The van der Waals surface area contributed by atoms with Crippen LogP contribution in [-0.4, -0.2) is 39.4 Å². The summed E-state index contributed by atoms with van der Waals surface area (Å²) >= 11 is 0. The number of hydrogen-bond donors (Lipinski definition) is 4. The number of rotatable bonds is 12. The van der Waals surface area contributed by atoms with Crippen molar-refractivity contribution in [1.82, 2.24) is 10.6 Å². The predicted octanol–water partition coefficient (Wildman–Crippen LogP) is 2.31. The van der Waals surface area contributed by atoms with Gasteiger partial charge in [-0.25, -0.2) is 4.79 Å². The number of aryl methyl sites for hydroxylation is 1. The number of likely N-dealkylation sites (N-methyl/N-ethyl adjacent to an activating group) is 1. The number of primary amides is 1. The van der Waals surface area contributed by atoms with Crippen molar-refractivity contribution >= 4 is 25.5 Å². The Kier molecular flexibility index (Phi) is 10.6. The summed E-state index contributed by atoms with van der Waals surface area (Å²) in [5.74, 6) is 0.583. The number of carbonyl (C=O) groups is 2. The molecule has 0 aromatic heterocycles. The number of carbonyl (C=O) groups excluding carboxylic acids is 2. The zero-order valence-corrected chi connectivity index (χ0v) is 16.8. The van der Waals surface area contributed by atoms with Gasteiger partial charge in [-0.1, -0.05) is 38.2 Å². The molecule has 0 aliphatic carbocycles. The number of nitrogens with one attached hydrogen (secondary N) is 3. The van der Waals surface area contributed by atoms with E-state index in [4.69, 9.17) is 13.6 Å².